The largest absolute Gasteiger partial charge is 0.507 e. The number of hydrogen-bond acceptors (Lipinski definition) is 10. The Morgan fingerprint density at radius 1 is 0.650 bits per heavy atom. The summed E-state index contributed by atoms with van der Waals surface area (Å²) in [4.78, 5) is 28.1. The zero-order chi connectivity index (χ0) is 43.5. The van der Waals surface area contributed by atoms with Crippen LogP contribution in [0, 0.1) is 27.7 Å². The molecule has 0 radical (unpaired) electrons. The molecule has 14 heteroatoms. The van der Waals surface area contributed by atoms with Crippen molar-refractivity contribution in [1.82, 2.24) is 0 Å². The van der Waals surface area contributed by atoms with Crippen LogP contribution in [0.3, 0.4) is 0 Å². The predicted octanol–water partition coefficient (Wildman–Crippen LogP) is 8.17. The first-order valence-electron chi connectivity index (χ1n) is 18.4. The molecule has 304 valence electrons. The molecule has 0 heterocycles. The fraction of sp³-hybridized carbons (Fsp3) is 0.152. The van der Waals surface area contributed by atoms with Gasteiger partial charge in [-0.2, -0.15) is 21.6 Å². The SMILES string of the molecule is C=C1C=Cc2c(cccc2S(=O)(=O)Oc2ccc(C(C)(c3cc(C)c(O)c(C)c3)c3cc(C)c(OS(=O)(=O)c4cccc5c4C=CC(=[N+]=[N-])C5=O)c(C)c3)cc2OC)C1=O. The number of aromatic hydroxyl groups is 1. The van der Waals surface area contributed by atoms with Crippen molar-refractivity contribution in [2.75, 3.05) is 7.11 Å². The van der Waals surface area contributed by atoms with Gasteiger partial charge in [0.1, 0.15) is 21.3 Å². The first-order valence-corrected chi connectivity index (χ1v) is 21.3. The van der Waals surface area contributed by atoms with E-state index < -0.39 is 37.2 Å². The summed E-state index contributed by atoms with van der Waals surface area (Å²) < 4.78 is 72.7. The van der Waals surface area contributed by atoms with Crippen molar-refractivity contribution >= 4 is 49.7 Å². The number of Topliss-reactive ketones (excluding diaryl/α,β-unsaturated/α-hetero) is 2. The van der Waals surface area contributed by atoms with E-state index in [1.165, 1.54) is 73.9 Å². The number of fused-ring (bicyclic) bond motifs is 2. The van der Waals surface area contributed by atoms with E-state index in [1.54, 1.807) is 52.0 Å². The second-order valence-corrected chi connectivity index (χ2v) is 17.8. The van der Waals surface area contributed by atoms with Crippen LogP contribution in [0.15, 0.2) is 113 Å². The van der Waals surface area contributed by atoms with Crippen molar-refractivity contribution in [1.29, 1.82) is 0 Å². The molecule has 2 aliphatic carbocycles. The Labute approximate surface area is 347 Å². The Balaban J connectivity index is 1.31. The van der Waals surface area contributed by atoms with E-state index in [2.05, 4.69) is 11.4 Å². The third kappa shape index (κ3) is 6.94. The smallest absolute Gasteiger partial charge is 0.362 e. The molecule has 60 heavy (non-hydrogen) atoms. The highest BCUT2D eigenvalue weighted by Gasteiger charge is 2.36. The highest BCUT2D eigenvalue weighted by atomic mass is 32.2. The lowest BCUT2D eigenvalue weighted by molar-refractivity contribution is -0.00436. The Morgan fingerprint density at radius 2 is 1.17 bits per heavy atom. The molecule has 0 saturated heterocycles. The van der Waals surface area contributed by atoms with Crippen molar-refractivity contribution < 1.29 is 49.4 Å². The summed E-state index contributed by atoms with van der Waals surface area (Å²) >= 11 is 0. The molecule has 1 unspecified atom stereocenters. The van der Waals surface area contributed by atoms with E-state index in [9.17, 15) is 37.1 Å². The van der Waals surface area contributed by atoms with Gasteiger partial charge in [0.25, 0.3) is 5.78 Å². The summed E-state index contributed by atoms with van der Waals surface area (Å²) in [6.45, 7) is 12.6. The minimum atomic E-state index is -4.51. The maximum absolute atomic E-state index is 13.9. The first kappa shape index (κ1) is 41.3. The highest BCUT2D eigenvalue weighted by molar-refractivity contribution is 7.87. The van der Waals surface area contributed by atoms with Crippen LogP contribution in [-0.2, 0) is 25.7 Å². The van der Waals surface area contributed by atoms with Crippen LogP contribution in [0.1, 0.15) is 77.7 Å². The molecule has 0 amide bonds. The van der Waals surface area contributed by atoms with E-state index in [0.717, 1.165) is 5.56 Å². The second kappa shape index (κ2) is 15.1. The molecule has 1 N–H and O–H groups in total. The van der Waals surface area contributed by atoms with E-state index in [-0.39, 0.29) is 66.3 Å². The molecule has 5 aromatic rings. The highest BCUT2D eigenvalue weighted by Crippen LogP contribution is 2.46. The molecule has 0 bridgehead atoms. The van der Waals surface area contributed by atoms with E-state index in [1.807, 2.05) is 19.1 Å². The molecular formula is C46H38N2O10S2. The average Bonchev–Trinajstić information content (AvgIpc) is 3.21. The number of carbonyl (C=O) groups is 2. The van der Waals surface area contributed by atoms with Gasteiger partial charge in [-0.3, -0.25) is 9.59 Å². The number of hydrogen-bond donors (Lipinski definition) is 1. The second-order valence-electron chi connectivity index (χ2n) is 14.7. The van der Waals surface area contributed by atoms with Gasteiger partial charge in [0.15, 0.2) is 17.3 Å². The van der Waals surface area contributed by atoms with Crippen molar-refractivity contribution in [3.05, 3.63) is 170 Å². The van der Waals surface area contributed by atoms with Crippen LogP contribution < -0.4 is 13.1 Å². The summed E-state index contributed by atoms with van der Waals surface area (Å²) in [5.74, 6) is -0.882. The number of ether oxygens (including phenoxy) is 1. The first-order chi connectivity index (χ1) is 28.3. The molecule has 0 aliphatic heterocycles. The van der Waals surface area contributed by atoms with Gasteiger partial charge in [0.2, 0.25) is 0 Å². The van der Waals surface area contributed by atoms with E-state index in [0.29, 0.717) is 33.4 Å². The number of ketones is 2. The van der Waals surface area contributed by atoms with Gasteiger partial charge in [-0.1, -0.05) is 73.3 Å². The Hall–Kier alpha value is -6.86. The van der Waals surface area contributed by atoms with Crippen LogP contribution in [0.2, 0.25) is 0 Å². The number of carbonyl (C=O) groups excluding carboxylic acids is 2. The number of aryl methyl sites for hydroxylation is 4. The number of phenols is 1. The van der Waals surface area contributed by atoms with Crippen molar-refractivity contribution in [3.8, 4) is 23.0 Å². The molecular weight excluding hydrogens is 805 g/mol. The molecule has 12 nitrogen and oxygen atoms in total. The van der Waals surface area contributed by atoms with Gasteiger partial charge in [-0.05, 0) is 104 Å². The Morgan fingerprint density at radius 3 is 1.72 bits per heavy atom. The number of rotatable bonds is 10. The van der Waals surface area contributed by atoms with Gasteiger partial charge in [-0.25, -0.2) is 0 Å². The summed E-state index contributed by atoms with van der Waals surface area (Å²) in [7, 11) is -7.64. The number of benzene rings is 5. The van der Waals surface area contributed by atoms with Gasteiger partial charge < -0.3 is 23.7 Å². The maximum atomic E-state index is 13.9. The normalized spacial score (nSPS) is 14.6. The number of methoxy groups -OCH3 is 1. The van der Waals surface area contributed by atoms with E-state index >= 15 is 0 Å². The minimum absolute atomic E-state index is 0.0395. The van der Waals surface area contributed by atoms with E-state index in [4.69, 9.17) is 13.1 Å². The maximum Gasteiger partial charge on any atom is 0.362 e. The average molecular weight is 843 g/mol. The topological polar surface area (TPSA) is 187 Å². The van der Waals surface area contributed by atoms with Crippen molar-refractivity contribution in [3.63, 3.8) is 0 Å². The molecule has 0 saturated carbocycles. The molecule has 2 aliphatic rings. The van der Waals surface area contributed by atoms with Crippen LogP contribution in [0.25, 0.3) is 17.7 Å². The summed E-state index contributed by atoms with van der Waals surface area (Å²) in [6, 6.07) is 20.6. The fourth-order valence-corrected chi connectivity index (χ4v) is 10.1. The summed E-state index contributed by atoms with van der Waals surface area (Å²) in [6.07, 6.45) is 5.57. The molecule has 0 spiro atoms. The Kier molecular flexibility index (Phi) is 10.4. The lowest BCUT2D eigenvalue weighted by atomic mass is 9.69. The van der Waals surface area contributed by atoms with Crippen molar-refractivity contribution in [2.45, 2.75) is 49.8 Å². The van der Waals surface area contributed by atoms with Crippen LogP contribution in [0.4, 0.5) is 0 Å². The quantitative estimate of drug-likeness (QED) is 0.0473. The van der Waals surface area contributed by atoms with Crippen LogP contribution in [-0.4, -0.2) is 51.1 Å². The lowest BCUT2D eigenvalue weighted by Crippen LogP contribution is -2.26. The summed E-state index contributed by atoms with van der Waals surface area (Å²) in [5.41, 5.74) is 12.8. The van der Waals surface area contributed by atoms with Crippen LogP contribution in [0.5, 0.6) is 23.0 Å². The van der Waals surface area contributed by atoms with Crippen molar-refractivity contribution in [2.24, 2.45) is 0 Å². The van der Waals surface area contributed by atoms with Gasteiger partial charge >= 0.3 is 25.9 Å². The third-order valence-corrected chi connectivity index (χ3v) is 13.5. The number of allylic oxidation sites excluding steroid dienone is 3. The zero-order valence-corrected chi connectivity index (χ0v) is 35.0. The monoisotopic (exact) mass is 842 g/mol. The molecule has 5 aromatic carbocycles. The third-order valence-electron chi connectivity index (χ3n) is 10.9. The van der Waals surface area contributed by atoms with Gasteiger partial charge in [0, 0.05) is 39.3 Å². The van der Waals surface area contributed by atoms with Gasteiger partial charge in [0.05, 0.1) is 7.11 Å². The molecule has 0 fully saturated rings. The minimum Gasteiger partial charge on any atom is -0.507 e. The molecule has 0 aromatic heterocycles. The molecule has 7 rings (SSSR count). The fourth-order valence-electron chi connectivity index (χ4n) is 7.63. The lowest BCUT2D eigenvalue weighted by Gasteiger charge is -2.34. The predicted molar refractivity (Wildman–Crippen MR) is 225 cm³/mol. The Bertz CT molecular complexity index is 3040. The summed E-state index contributed by atoms with van der Waals surface area (Å²) in [5, 5.41) is 10.8. The zero-order valence-electron chi connectivity index (χ0n) is 33.4. The molecule has 1 atom stereocenters. The number of nitrogens with zero attached hydrogens (tertiary/aromatic N) is 2. The standard InChI is InChI=1S/C46H38N2O10S2/c1-25-14-16-33-35(43(25)50)10-8-12-40(33)59(52,53)57-38-19-15-30(24-39(38)56-7)46(6,31-20-26(2)42(49)27(3)21-31)32-22-28(4)45(29(5)23-32)58-60(54,55)41-13-9-11-36-34(41)17-18-37(48-47)44(36)51/h8-24,49H,1H2,2-7H3. The van der Waals surface area contributed by atoms with Crippen LogP contribution >= 0.6 is 0 Å². The van der Waals surface area contributed by atoms with Gasteiger partial charge in [-0.15, -0.1) is 0 Å². The number of phenolic OH excluding ortho intramolecular Hbond substituents is 1.